The molecule has 2 aromatic rings. The van der Waals surface area contributed by atoms with Crippen LogP contribution >= 0.6 is 0 Å². The first kappa shape index (κ1) is 22.8. The number of Topliss-reactive ketones (excluding diaryl/α,β-unsaturated/α-hetero) is 1. The Balaban J connectivity index is 1.56. The van der Waals surface area contributed by atoms with Gasteiger partial charge in [0.15, 0.2) is 15.6 Å². The van der Waals surface area contributed by atoms with E-state index in [-0.39, 0.29) is 23.0 Å². The van der Waals surface area contributed by atoms with Crippen molar-refractivity contribution < 1.29 is 22.7 Å². The molecule has 3 aliphatic rings. The van der Waals surface area contributed by atoms with Crippen LogP contribution in [-0.4, -0.2) is 48.1 Å². The maximum atomic E-state index is 13.7. The molecule has 34 heavy (non-hydrogen) atoms. The molecule has 5 rings (SSSR count). The second kappa shape index (κ2) is 7.80. The van der Waals surface area contributed by atoms with Gasteiger partial charge in [-0.05, 0) is 51.8 Å². The molecule has 7 heteroatoms. The van der Waals surface area contributed by atoms with Crippen LogP contribution in [0.4, 0.5) is 4.79 Å². The zero-order chi connectivity index (χ0) is 24.4. The van der Waals surface area contributed by atoms with Crippen molar-refractivity contribution in [2.75, 3.05) is 0 Å². The molecule has 0 radical (unpaired) electrons. The number of ether oxygens (including phenoxy) is 1. The molecule has 2 bridgehead atoms. The van der Waals surface area contributed by atoms with Gasteiger partial charge < -0.3 is 4.74 Å². The van der Waals surface area contributed by atoms with E-state index >= 15 is 0 Å². The van der Waals surface area contributed by atoms with E-state index in [1.54, 1.807) is 49.9 Å². The molecule has 0 aromatic heterocycles. The summed E-state index contributed by atoms with van der Waals surface area (Å²) in [6.45, 7) is 7.24. The molecule has 2 aliphatic heterocycles. The highest BCUT2D eigenvalue weighted by Crippen LogP contribution is 2.55. The number of benzene rings is 2. The van der Waals surface area contributed by atoms with Crippen molar-refractivity contribution in [3.05, 3.63) is 71.8 Å². The van der Waals surface area contributed by atoms with Crippen LogP contribution in [0.1, 0.15) is 38.3 Å². The summed E-state index contributed by atoms with van der Waals surface area (Å²) in [7, 11) is -3.77. The fraction of sp³-hybridized carbons (Fsp3) is 0.407. The number of ketones is 1. The summed E-state index contributed by atoms with van der Waals surface area (Å²) in [6, 6.07) is 15.0. The molecule has 1 amide bonds. The summed E-state index contributed by atoms with van der Waals surface area (Å²) in [5.74, 6) is -0.905. The predicted octanol–water partition coefficient (Wildman–Crippen LogP) is 4.43. The van der Waals surface area contributed by atoms with Gasteiger partial charge in [0.05, 0.1) is 22.1 Å². The SMILES string of the molecule is Cc1ccc(S(=O)(=O)[C@@H]2C[C@H]3[C@@H]4C=C(c5ccccc5)C(=O)[C@@H]4[C@@H]2N3C(=O)OC(C)(C)C)cc1. The average Bonchev–Trinajstić information content (AvgIpc) is 3.42. The first-order valence-electron chi connectivity index (χ1n) is 11.6. The molecule has 0 N–H and O–H groups in total. The van der Waals surface area contributed by atoms with E-state index in [0.29, 0.717) is 5.57 Å². The van der Waals surface area contributed by atoms with E-state index in [1.807, 2.05) is 43.3 Å². The van der Waals surface area contributed by atoms with E-state index in [2.05, 4.69) is 0 Å². The van der Waals surface area contributed by atoms with Gasteiger partial charge in [-0.2, -0.15) is 0 Å². The number of hydrogen-bond donors (Lipinski definition) is 0. The number of carbonyl (C=O) groups is 2. The summed E-state index contributed by atoms with van der Waals surface area (Å²) in [6.07, 6.45) is 1.67. The molecule has 178 valence electrons. The van der Waals surface area contributed by atoms with Crippen molar-refractivity contribution in [2.24, 2.45) is 11.8 Å². The first-order chi connectivity index (χ1) is 16.0. The molecular weight excluding hydrogens is 450 g/mol. The highest BCUT2D eigenvalue weighted by Gasteiger charge is 2.66. The van der Waals surface area contributed by atoms with Crippen LogP contribution in [0.3, 0.4) is 0 Å². The average molecular weight is 480 g/mol. The summed E-state index contributed by atoms with van der Waals surface area (Å²) in [5.41, 5.74) is 1.67. The lowest BCUT2D eigenvalue weighted by Gasteiger charge is -2.30. The number of carbonyl (C=O) groups excluding carboxylic acids is 2. The number of amides is 1. The molecular formula is C27H29NO5S. The normalized spacial score (nSPS) is 28.1. The number of fused-ring (bicyclic) bond motifs is 5. The Morgan fingerprint density at radius 3 is 2.29 bits per heavy atom. The molecule has 0 saturated carbocycles. The van der Waals surface area contributed by atoms with Crippen LogP contribution in [0.5, 0.6) is 0 Å². The Morgan fingerprint density at radius 2 is 1.68 bits per heavy atom. The Morgan fingerprint density at radius 1 is 1.03 bits per heavy atom. The first-order valence-corrected chi connectivity index (χ1v) is 13.2. The molecule has 0 unspecified atom stereocenters. The lowest BCUT2D eigenvalue weighted by Crippen LogP contribution is -2.47. The lowest BCUT2D eigenvalue weighted by atomic mass is 9.80. The van der Waals surface area contributed by atoms with Crippen molar-refractivity contribution in [3.63, 3.8) is 0 Å². The van der Waals surface area contributed by atoms with Gasteiger partial charge in [-0.25, -0.2) is 13.2 Å². The van der Waals surface area contributed by atoms with Crippen LogP contribution in [-0.2, 0) is 19.4 Å². The van der Waals surface area contributed by atoms with Gasteiger partial charge in [-0.15, -0.1) is 0 Å². The van der Waals surface area contributed by atoms with Gasteiger partial charge in [0.25, 0.3) is 0 Å². The number of nitrogens with zero attached hydrogens (tertiary/aromatic N) is 1. The van der Waals surface area contributed by atoms with Gasteiger partial charge in [0.2, 0.25) is 0 Å². The molecule has 0 spiro atoms. The summed E-state index contributed by atoms with van der Waals surface area (Å²) in [5, 5.41) is -0.860. The van der Waals surface area contributed by atoms with Crippen molar-refractivity contribution >= 4 is 27.3 Å². The maximum Gasteiger partial charge on any atom is 0.410 e. The number of aryl methyl sites for hydroxylation is 1. The third-order valence-corrected chi connectivity index (χ3v) is 9.32. The monoisotopic (exact) mass is 479 g/mol. The quantitative estimate of drug-likeness (QED) is 0.651. The zero-order valence-corrected chi connectivity index (χ0v) is 20.6. The number of allylic oxidation sites excluding steroid dienone is 1. The smallest absolute Gasteiger partial charge is 0.410 e. The highest BCUT2D eigenvalue weighted by atomic mass is 32.2. The summed E-state index contributed by atoms with van der Waals surface area (Å²) >= 11 is 0. The van der Waals surface area contributed by atoms with Gasteiger partial charge in [0, 0.05) is 17.5 Å². The van der Waals surface area contributed by atoms with E-state index < -0.39 is 44.8 Å². The Labute approximate surface area is 200 Å². The van der Waals surface area contributed by atoms with E-state index in [4.69, 9.17) is 4.74 Å². The predicted molar refractivity (Wildman–Crippen MR) is 129 cm³/mol. The number of sulfone groups is 1. The largest absolute Gasteiger partial charge is 0.444 e. The molecule has 2 saturated heterocycles. The van der Waals surface area contributed by atoms with Crippen molar-refractivity contribution in [2.45, 2.75) is 61.9 Å². The molecule has 2 heterocycles. The van der Waals surface area contributed by atoms with E-state index in [1.165, 1.54) is 0 Å². The molecule has 5 atom stereocenters. The van der Waals surface area contributed by atoms with Crippen LogP contribution in [0.2, 0.25) is 0 Å². The fourth-order valence-electron chi connectivity index (χ4n) is 5.74. The minimum absolute atomic E-state index is 0.0962. The van der Waals surface area contributed by atoms with Crippen molar-refractivity contribution in [1.82, 2.24) is 4.90 Å². The Hall–Kier alpha value is -2.93. The Kier molecular flexibility index (Phi) is 5.24. The van der Waals surface area contributed by atoms with Crippen molar-refractivity contribution in [3.8, 4) is 0 Å². The van der Waals surface area contributed by atoms with Crippen LogP contribution in [0.25, 0.3) is 5.57 Å². The van der Waals surface area contributed by atoms with Crippen LogP contribution in [0.15, 0.2) is 65.6 Å². The number of hydrogen-bond acceptors (Lipinski definition) is 5. The fourth-order valence-corrected chi connectivity index (χ4v) is 7.73. The van der Waals surface area contributed by atoms with Crippen molar-refractivity contribution in [1.29, 1.82) is 0 Å². The lowest BCUT2D eigenvalue weighted by molar-refractivity contribution is -0.118. The van der Waals surface area contributed by atoms with E-state index in [9.17, 15) is 18.0 Å². The standard InChI is InChI=1S/C27H29NO5S/c1-16-10-12-18(13-11-16)34(31,32)22-15-21-20-14-19(17-8-6-5-7-9-17)25(29)23(20)24(22)28(21)26(30)33-27(2,3)4/h5-14,20-24H,15H2,1-4H3/t20-,21-,22+,23-,24+/m0/s1. The third-order valence-electron chi connectivity index (χ3n) is 7.12. The molecule has 2 fully saturated rings. The number of rotatable bonds is 3. The van der Waals surface area contributed by atoms with Crippen LogP contribution in [0, 0.1) is 18.8 Å². The molecule has 1 aliphatic carbocycles. The summed E-state index contributed by atoms with van der Waals surface area (Å²) < 4.78 is 33.1. The topological polar surface area (TPSA) is 80.8 Å². The molecule has 6 nitrogen and oxygen atoms in total. The summed E-state index contributed by atoms with van der Waals surface area (Å²) in [4.78, 5) is 28.7. The second-order valence-corrected chi connectivity index (χ2v) is 12.7. The van der Waals surface area contributed by atoms with Gasteiger partial charge in [-0.3, -0.25) is 9.69 Å². The van der Waals surface area contributed by atoms with Crippen LogP contribution < -0.4 is 0 Å². The maximum absolute atomic E-state index is 13.7. The molecule has 2 aromatic carbocycles. The van der Waals surface area contributed by atoms with E-state index in [0.717, 1.165) is 11.1 Å². The van der Waals surface area contributed by atoms with Gasteiger partial charge in [0.1, 0.15) is 5.60 Å². The van der Waals surface area contributed by atoms with Gasteiger partial charge in [-0.1, -0.05) is 54.1 Å². The second-order valence-electron chi connectivity index (χ2n) is 10.5. The minimum Gasteiger partial charge on any atom is -0.444 e. The zero-order valence-electron chi connectivity index (χ0n) is 19.8. The minimum atomic E-state index is -3.77. The Bertz CT molecular complexity index is 1270. The third kappa shape index (κ3) is 3.57. The highest BCUT2D eigenvalue weighted by molar-refractivity contribution is 7.92. The van der Waals surface area contributed by atoms with Gasteiger partial charge >= 0.3 is 6.09 Å².